The minimum Gasteiger partial charge on any atom is -0.486 e. The Bertz CT molecular complexity index is 721. The molecule has 114 valence electrons. The van der Waals surface area contributed by atoms with E-state index in [1.165, 1.54) is 18.2 Å². The van der Waals surface area contributed by atoms with Crippen molar-refractivity contribution in [1.82, 2.24) is 5.32 Å². The second kappa shape index (κ2) is 6.36. The highest BCUT2D eigenvalue weighted by atomic mass is 79.9. The summed E-state index contributed by atoms with van der Waals surface area (Å²) in [6.45, 7) is 1.41. The number of nitrogens with one attached hydrogen (secondary N) is 1. The molecule has 0 atom stereocenters. The van der Waals surface area contributed by atoms with Crippen molar-refractivity contribution < 1.29 is 18.7 Å². The van der Waals surface area contributed by atoms with Gasteiger partial charge in [-0.05, 0) is 51.8 Å². The van der Waals surface area contributed by atoms with Crippen molar-refractivity contribution in [3.63, 3.8) is 0 Å². The number of rotatable bonds is 3. The molecule has 0 bridgehead atoms. The van der Waals surface area contributed by atoms with E-state index in [1.807, 2.05) is 18.2 Å². The highest BCUT2D eigenvalue weighted by Gasteiger charge is 2.13. The summed E-state index contributed by atoms with van der Waals surface area (Å²) in [5, 5.41) is 2.79. The van der Waals surface area contributed by atoms with E-state index in [0.29, 0.717) is 41.3 Å². The first-order valence-electron chi connectivity index (χ1n) is 6.75. The van der Waals surface area contributed by atoms with Crippen LogP contribution in [0.4, 0.5) is 4.39 Å². The largest absolute Gasteiger partial charge is 0.486 e. The third kappa shape index (κ3) is 3.22. The van der Waals surface area contributed by atoms with Crippen LogP contribution in [-0.4, -0.2) is 19.1 Å². The third-order valence-electron chi connectivity index (χ3n) is 3.24. The third-order valence-corrected chi connectivity index (χ3v) is 3.89. The number of hydrogen-bond donors (Lipinski definition) is 1. The molecule has 0 saturated heterocycles. The molecule has 0 radical (unpaired) electrons. The molecule has 0 fully saturated rings. The van der Waals surface area contributed by atoms with Crippen LogP contribution in [0.25, 0.3) is 0 Å². The van der Waals surface area contributed by atoms with E-state index < -0.39 is 5.82 Å². The fourth-order valence-electron chi connectivity index (χ4n) is 2.15. The quantitative estimate of drug-likeness (QED) is 0.907. The summed E-state index contributed by atoms with van der Waals surface area (Å²) in [5.74, 6) is 0.723. The molecule has 0 aromatic heterocycles. The Kier molecular flexibility index (Phi) is 4.29. The number of ether oxygens (including phenoxy) is 2. The van der Waals surface area contributed by atoms with E-state index in [1.54, 1.807) is 0 Å². The van der Waals surface area contributed by atoms with Gasteiger partial charge in [0.05, 0.1) is 5.56 Å². The van der Waals surface area contributed by atoms with E-state index in [9.17, 15) is 9.18 Å². The van der Waals surface area contributed by atoms with E-state index in [-0.39, 0.29) is 5.91 Å². The molecule has 0 unspecified atom stereocenters. The normalized spacial score (nSPS) is 12.8. The standard InChI is InChI=1S/C16H13BrFNO3/c17-13-8-11(18)2-3-12(13)16(20)19-9-10-1-4-14-15(7-10)22-6-5-21-14/h1-4,7-8H,5-6,9H2,(H,19,20). The molecule has 6 heteroatoms. The van der Waals surface area contributed by atoms with Gasteiger partial charge < -0.3 is 14.8 Å². The van der Waals surface area contributed by atoms with Gasteiger partial charge in [-0.2, -0.15) is 0 Å². The second-order valence-electron chi connectivity index (χ2n) is 4.78. The predicted molar refractivity (Wildman–Crippen MR) is 82.7 cm³/mol. The molecule has 2 aromatic rings. The van der Waals surface area contributed by atoms with Gasteiger partial charge in [-0.1, -0.05) is 6.07 Å². The zero-order valence-corrected chi connectivity index (χ0v) is 13.2. The minimum atomic E-state index is -0.393. The zero-order valence-electron chi connectivity index (χ0n) is 11.6. The molecule has 1 aliphatic rings. The van der Waals surface area contributed by atoms with E-state index >= 15 is 0 Å². The lowest BCUT2D eigenvalue weighted by atomic mass is 10.1. The van der Waals surface area contributed by atoms with Crippen molar-refractivity contribution in [2.75, 3.05) is 13.2 Å². The molecule has 1 amide bonds. The Hall–Kier alpha value is -2.08. The average Bonchev–Trinajstić information content (AvgIpc) is 2.52. The van der Waals surface area contributed by atoms with Crippen LogP contribution in [0, 0.1) is 5.82 Å². The average molecular weight is 366 g/mol. The number of hydrogen-bond acceptors (Lipinski definition) is 3. The lowest BCUT2D eigenvalue weighted by Gasteiger charge is -2.19. The number of amides is 1. The number of carbonyl (C=O) groups excluding carboxylic acids is 1. The summed E-state index contributed by atoms with van der Waals surface area (Å²) < 4.78 is 24.4. The zero-order chi connectivity index (χ0) is 15.5. The van der Waals surface area contributed by atoms with Crippen LogP contribution in [0.3, 0.4) is 0 Å². The highest BCUT2D eigenvalue weighted by Crippen LogP contribution is 2.30. The van der Waals surface area contributed by atoms with Crippen LogP contribution in [0.2, 0.25) is 0 Å². The predicted octanol–water partition coefficient (Wildman–Crippen LogP) is 3.29. The van der Waals surface area contributed by atoms with Crippen LogP contribution >= 0.6 is 15.9 Å². The van der Waals surface area contributed by atoms with Gasteiger partial charge in [0.2, 0.25) is 0 Å². The van der Waals surface area contributed by atoms with Gasteiger partial charge >= 0.3 is 0 Å². The SMILES string of the molecule is O=C(NCc1ccc2c(c1)OCCO2)c1ccc(F)cc1Br. The van der Waals surface area contributed by atoms with E-state index in [2.05, 4.69) is 21.2 Å². The maximum Gasteiger partial charge on any atom is 0.252 e. The summed E-state index contributed by atoms with van der Waals surface area (Å²) in [5.41, 5.74) is 1.29. The van der Waals surface area contributed by atoms with Crippen molar-refractivity contribution in [3.8, 4) is 11.5 Å². The van der Waals surface area contributed by atoms with Crippen LogP contribution in [0.1, 0.15) is 15.9 Å². The lowest BCUT2D eigenvalue weighted by molar-refractivity contribution is 0.0950. The molecule has 1 heterocycles. The molecular formula is C16H13BrFNO3. The van der Waals surface area contributed by atoms with Crippen molar-refractivity contribution in [3.05, 3.63) is 57.8 Å². The molecule has 0 spiro atoms. The molecule has 1 aliphatic heterocycles. The fourth-order valence-corrected chi connectivity index (χ4v) is 2.68. The van der Waals surface area contributed by atoms with Crippen LogP contribution < -0.4 is 14.8 Å². The Labute approximate surface area is 135 Å². The van der Waals surface area contributed by atoms with Crippen molar-refractivity contribution >= 4 is 21.8 Å². The molecular weight excluding hydrogens is 353 g/mol. The number of halogens is 2. The summed E-state index contributed by atoms with van der Waals surface area (Å²) in [4.78, 5) is 12.1. The van der Waals surface area contributed by atoms with Crippen molar-refractivity contribution in [2.45, 2.75) is 6.54 Å². The number of carbonyl (C=O) groups is 1. The minimum absolute atomic E-state index is 0.276. The summed E-state index contributed by atoms with van der Waals surface area (Å²) in [6, 6.07) is 9.49. The molecule has 3 rings (SSSR count). The monoisotopic (exact) mass is 365 g/mol. The Morgan fingerprint density at radius 3 is 2.68 bits per heavy atom. The van der Waals surface area contributed by atoms with Crippen LogP contribution in [0.5, 0.6) is 11.5 Å². The Balaban J connectivity index is 1.68. The molecule has 1 N–H and O–H groups in total. The van der Waals surface area contributed by atoms with E-state index in [0.717, 1.165) is 5.56 Å². The molecule has 4 nitrogen and oxygen atoms in total. The van der Waals surface area contributed by atoms with Crippen LogP contribution in [-0.2, 0) is 6.54 Å². The first-order chi connectivity index (χ1) is 10.6. The maximum atomic E-state index is 13.0. The summed E-state index contributed by atoms with van der Waals surface area (Å²) >= 11 is 3.19. The molecule has 0 aliphatic carbocycles. The topological polar surface area (TPSA) is 47.6 Å². The van der Waals surface area contributed by atoms with E-state index in [4.69, 9.17) is 9.47 Å². The van der Waals surface area contributed by atoms with Gasteiger partial charge in [-0.3, -0.25) is 4.79 Å². The van der Waals surface area contributed by atoms with Gasteiger partial charge in [0.25, 0.3) is 5.91 Å². The van der Waals surface area contributed by atoms with Crippen molar-refractivity contribution in [1.29, 1.82) is 0 Å². The summed E-state index contributed by atoms with van der Waals surface area (Å²) in [6.07, 6.45) is 0. The smallest absolute Gasteiger partial charge is 0.252 e. The number of benzene rings is 2. The van der Waals surface area contributed by atoms with Gasteiger partial charge in [0.15, 0.2) is 11.5 Å². The summed E-state index contributed by atoms with van der Waals surface area (Å²) in [7, 11) is 0. The van der Waals surface area contributed by atoms with Gasteiger partial charge in [0, 0.05) is 11.0 Å². The number of fused-ring (bicyclic) bond motifs is 1. The maximum absolute atomic E-state index is 13.0. The molecule has 0 saturated carbocycles. The molecule has 2 aromatic carbocycles. The van der Waals surface area contributed by atoms with Gasteiger partial charge in [-0.25, -0.2) is 4.39 Å². The van der Waals surface area contributed by atoms with Crippen molar-refractivity contribution in [2.24, 2.45) is 0 Å². The first-order valence-corrected chi connectivity index (χ1v) is 7.54. The second-order valence-corrected chi connectivity index (χ2v) is 5.64. The fraction of sp³-hybridized carbons (Fsp3) is 0.188. The highest BCUT2D eigenvalue weighted by molar-refractivity contribution is 9.10. The van der Waals surface area contributed by atoms with Gasteiger partial charge in [0.1, 0.15) is 19.0 Å². The first kappa shape index (κ1) is 14.8. The van der Waals surface area contributed by atoms with Gasteiger partial charge in [-0.15, -0.1) is 0 Å². The Morgan fingerprint density at radius 1 is 1.14 bits per heavy atom. The molecule has 22 heavy (non-hydrogen) atoms. The van der Waals surface area contributed by atoms with Crippen LogP contribution in [0.15, 0.2) is 40.9 Å². The lowest BCUT2D eigenvalue weighted by Crippen LogP contribution is -2.23. The Morgan fingerprint density at radius 2 is 1.91 bits per heavy atom.